The number of nitrogens with one attached hydrogen (secondary N) is 2. The fourth-order valence-electron chi connectivity index (χ4n) is 1.80. The van der Waals surface area contributed by atoms with E-state index < -0.39 is 0 Å². The Morgan fingerprint density at radius 3 is 2.95 bits per heavy atom. The number of rotatable bonds is 5. The molecule has 7 heteroatoms. The molecule has 0 aliphatic rings. The predicted molar refractivity (Wildman–Crippen MR) is 83.9 cm³/mol. The zero-order valence-electron chi connectivity index (χ0n) is 11.7. The van der Waals surface area contributed by atoms with Crippen molar-refractivity contribution in [2.45, 2.75) is 19.5 Å². The zero-order valence-corrected chi connectivity index (χ0v) is 13.3. The maximum Gasteiger partial charge on any atom is 0.315 e. The number of hydrogen-bond donors (Lipinski definition) is 2. The van der Waals surface area contributed by atoms with Gasteiger partial charge in [-0.05, 0) is 25.1 Å². The smallest absolute Gasteiger partial charge is 0.315 e. The van der Waals surface area contributed by atoms with Crippen LogP contribution in [0.1, 0.15) is 23.4 Å². The first-order valence-electron chi connectivity index (χ1n) is 6.37. The van der Waals surface area contributed by atoms with Gasteiger partial charge in [-0.25, -0.2) is 9.78 Å². The second kappa shape index (κ2) is 7.28. The molecule has 0 bridgehead atoms. The molecule has 1 atom stereocenters. The fourth-order valence-corrected chi connectivity index (χ4v) is 2.86. The first-order valence-corrected chi connectivity index (χ1v) is 7.57. The highest BCUT2D eigenvalue weighted by molar-refractivity contribution is 7.16. The van der Waals surface area contributed by atoms with Gasteiger partial charge in [-0.3, -0.25) is 0 Å². The standard InChI is InChI=1S/C14H16ClN3O2S/c1-9(11-5-6-12(15)21-11)18-14(19)17-8-10-4-3-7-16-13(10)20-2/h3-7,9H,8H2,1-2H3,(H2,17,18,19). The van der Waals surface area contributed by atoms with Crippen LogP contribution in [0.2, 0.25) is 4.34 Å². The maximum atomic E-state index is 11.9. The predicted octanol–water partition coefficient (Wildman–Crippen LogP) is 3.37. The van der Waals surface area contributed by atoms with Crippen molar-refractivity contribution in [3.63, 3.8) is 0 Å². The summed E-state index contributed by atoms with van der Waals surface area (Å²) in [5.74, 6) is 0.510. The summed E-state index contributed by atoms with van der Waals surface area (Å²) < 4.78 is 5.84. The van der Waals surface area contributed by atoms with Crippen LogP contribution < -0.4 is 15.4 Å². The lowest BCUT2D eigenvalue weighted by molar-refractivity contribution is 0.237. The third kappa shape index (κ3) is 4.34. The monoisotopic (exact) mass is 325 g/mol. The Hall–Kier alpha value is -1.79. The van der Waals surface area contributed by atoms with Crippen molar-refractivity contribution in [1.82, 2.24) is 15.6 Å². The van der Waals surface area contributed by atoms with Crippen molar-refractivity contribution in [3.8, 4) is 5.88 Å². The molecule has 2 rings (SSSR count). The normalized spacial score (nSPS) is 11.8. The van der Waals surface area contributed by atoms with E-state index >= 15 is 0 Å². The highest BCUT2D eigenvalue weighted by Crippen LogP contribution is 2.26. The third-order valence-corrected chi connectivity index (χ3v) is 4.26. The molecule has 2 heterocycles. The van der Waals surface area contributed by atoms with E-state index in [4.69, 9.17) is 16.3 Å². The molecule has 2 amide bonds. The number of aromatic nitrogens is 1. The van der Waals surface area contributed by atoms with Gasteiger partial charge < -0.3 is 15.4 Å². The fraction of sp³-hybridized carbons (Fsp3) is 0.286. The summed E-state index contributed by atoms with van der Waals surface area (Å²) in [6.45, 7) is 2.26. The third-order valence-electron chi connectivity index (χ3n) is 2.85. The van der Waals surface area contributed by atoms with Gasteiger partial charge in [0.1, 0.15) is 0 Å². The summed E-state index contributed by atoms with van der Waals surface area (Å²) in [5, 5.41) is 5.64. The van der Waals surface area contributed by atoms with E-state index in [0.29, 0.717) is 16.8 Å². The minimum Gasteiger partial charge on any atom is -0.481 e. The van der Waals surface area contributed by atoms with Crippen LogP contribution in [0.5, 0.6) is 5.88 Å². The van der Waals surface area contributed by atoms with E-state index in [-0.39, 0.29) is 12.1 Å². The van der Waals surface area contributed by atoms with E-state index in [1.807, 2.05) is 25.1 Å². The van der Waals surface area contributed by atoms with Crippen LogP contribution in [0.3, 0.4) is 0 Å². The van der Waals surface area contributed by atoms with Crippen LogP contribution in [-0.2, 0) is 6.54 Å². The van der Waals surface area contributed by atoms with Crippen molar-refractivity contribution in [2.75, 3.05) is 7.11 Å². The molecule has 2 N–H and O–H groups in total. The van der Waals surface area contributed by atoms with Crippen LogP contribution in [0.15, 0.2) is 30.5 Å². The SMILES string of the molecule is COc1ncccc1CNC(=O)NC(C)c1ccc(Cl)s1. The van der Waals surface area contributed by atoms with Crippen LogP contribution >= 0.6 is 22.9 Å². The highest BCUT2D eigenvalue weighted by Gasteiger charge is 2.12. The molecule has 112 valence electrons. The second-order valence-corrected chi connectivity index (χ2v) is 6.11. The van der Waals surface area contributed by atoms with Gasteiger partial charge in [0.25, 0.3) is 0 Å². The summed E-state index contributed by atoms with van der Waals surface area (Å²) in [6, 6.07) is 7.03. The molecule has 0 radical (unpaired) electrons. The molecule has 21 heavy (non-hydrogen) atoms. The number of urea groups is 1. The second-order valence-electron chi connectivity index (χ2n) is 4.36. The van der Waals surface area contributed by atoms with Gasteiger partial charge in [0, 0.05) is 23.2 Å². The topological polar surface area (TPSA) is 63.2 Å². The molecule has 0 aliphatic carbocycles. The van der Waals surface area contributed by atoms with E-state index in [1.54, 1.807) is 19.4 Å². The van der Waals surface area contributed by atoms with E-state index in [9.17, 15) is 4.79 Å². The van der Waals surface area contributed by atoms with Gasteiger partial charge in [-0.15, -0.1) is 11.3 Å². The number of ether oxygens (including phenoxy) is 1. The minimum absolute atomic E-state index is 0.0988. The lowest BCUT2D eigenvalue weighted by atomic mass is 10.2. The van der Waals surface area contributed by atoms with E-state index in [2.05, 4.69) is 15.6 Å². The van der Waals surface area contributed by atoms with Crippen molar-refractivity contribution in [1.29, 1.82) is 0 Å². The number of hydrogen-bond acceptors (Lipinski definition) is 4. The van der Waals surface area contributed by atoms with Gasteiger partial charge in [0.05, 0.1) is 17.5 Å². The highest BCUT2D eigenvalue weighted by atomic mass is 35.5. The average molecular weight is 326 g/mol. The lowest BCUT2D eigenvalue weighted by Gasteiger charge is -2.14. The Balaban J connectivity index is 1.87. The number of carbonyl (C=O) groups is 1. The molecule has 2 aromatic rings. The molecule has 2 aromatic heterocycles. The number of carbonyl (C=O) groups excluding carboxylic acids is 1. The summed E-state index contributed by atoms with van der Waals surface area (Å²) in [7, 11) is 1.55. The first-order chi connectivity index (χ1) is 10.1. The lowest BCUT2D eigenvalue weighted by Crippen LogP contribution is -2.36. The number of thiophene rings is 1. The Morgan fingerprint density at radius 2 is 2.29 bits per heavy atom. The molecule has 0 fully saturated rings. The van der Waals surface area contributed by atoms with Gasteiger partial charge in [0.15, 0.2) is 0 Å². The molecule has 0 aliphatic heterocycles. The van der Waals surface area contributed by atoms with Gasteiger partial charge in [0.2, 0.25) is 5.88 Å². The van der Waals surface area contributed by atoms with Crippen LogP contribution in [-0.4, -0.2) is 18.1 Å². The molecule has 0 saturated heterocycles. The summed E-state index contributed by atoms with van der Waals surface area (Å²) in [4.78, 5) is 17.0. The number of nitrogens with zero attached hydrogens (tertiary/aromatic N) is 1. The van der Waals surface area contributed by atoms with Crippen molar-refractivity contribution >= 4 is 29.0 Å². The average Bonchev–Trinajstić information content (AvgIpc) is 2.92. The molecule has 0 aromatic carbocycles. The van der Waals surface area contributed by atoms with E-state index in [1.165, 1.54) is 11.3 Å². The molecule has 1 unspecified atom stereocenters. The summed E-state index contributed by atoms with van der Waals surface area (Å²) in [5.41, 5.74) is 0.821. The largest absolute Gasteiger partial charge is 0.481 e. The molecule has 0 saturated carbocycles. The number of methoxy groups -OCH3 is 1. The Morgan fingerprint density at radius 1 is 1.48 bits per heavy atom. The Bertz CT molecular complexity index is 618. The molecular formula is C14H16ClN3O2S. The molecular weight excluding hydrogens is 310 g/mol. The molecule has 5 nitrogen and oxygen atoms in total. The van der Waals surface area contributed by atoms with Gasteiger partial charge in [-0.2, -0.15) is 0 Å². The van der Waals surface area contributed by atoms with Crippen LogP contribution in [0, 0.1) is 0 Å². The quantitative estimate of drug-likeness (QED) is 0.886. The maximum absolute atomic E-state index is 11.9. The number of halogens is 1. The van der Waals surface area contributed by atoms with Gasteiger partial charge >= 0.3 is 6.03 Å². The summed E-state index contributed by atoms with van der Waals surface area (Å²) >= 11 is 7.34. The Kier molecular flexibility index (Phi) is 5.41. The molecule has 0 spiro atoms. The number of pyridine rings is 1. The number of amides is 2. The van der Waals surface area contributed by atoms with Crippen LogP contribution in [0.4, 0.5) is 4.79 Å². The Labute approximate surface area is 132 Å². The first kappa shape index (κ1) is 15.6. The van der Waals surface area contributed by atoms with Crippen molar-refractivity contribution < 1.29 is 9.53 Å². The zero-order chi connectivity index (χ0) is 15.2. The van der Waals surface area contributed by atoms with Crippen molar-refractivity contribution in [3.05, 3.63) is 45.2 Å². The van der Waals surface area contributed by atoms with Crippen molar-refractivity contribution in [2.24, 2.45) is 0 Å². The van der Waals surface area contributed by atoms with E-state index in [0.717, 1.165) is 10.4 Å². The van der Waals surface area contributed by atoms with Gasteiger partial charge in [-0.1, -0.05) is 17.7 Å². The minimum atomic E-state index is -0.252. The summed E-state index contributed by atoms with van der Waals surface area (Å²) in [6.07, 6.45) is 1.64. The van der Waals surface area contributed by atoms with Crippen LogP contribution in [0.25, 0.3) is 0 Å².